The molecule has 1 aromatic heterocycles. The summed E-state index contributed by atoms with van der Waals surface area (Å²) >= 11 is 6.96. The Hall–Kier alpha value is -2.49. The maximum atomic E-state index is 13.0. The Balaban J connectivity index is 1.70. The first kappa shape index (κ1) is 26.1. The van der Waals surface area contributed by atoms with Gasteiger partial charge in [-0.05, 0) is 56.6 Å². The third-order valence-electron chi connectivity index (χ3n) is 6.32. The van der Waals surface area contributed by atoms with Crippen LogP contribution in [-0.2, 0) is 11.3 Å². The van der Waals surface area contributed by atoms with E-state index in [4.69, 9.17) is 17.0 Å². The number of rotatable bonds is 7. The van der Waals surface area contributed by atoms with E-state index >= 15 is 0 Å². The van der Waals surface area contributed by atoms with E-state index in [1.165, 1.54) is 29.6 Å². The minimum absolute atomic E-state index is 0.0820. The van der Waals surface area contributed by atoms with E-state index in [2.05, 4.69) is 46.3 Å². The molecule has 1 aliphatic rings. The van der Waals surface area contributed by atoms with Crippen LogP contribution in [0.4, 0.5) is 5.00 Å². The van der Waals surface area contributed by atoms with Crippen LogP contribution in [0, 0.1) is 13.8 Å². The van der Waals surface area contributed by atoms with E-state index in [1.54, 1.807) is 11.8 Å². The zero-order chi connectivity index (χ0) is 24.8. The number of thiocarbonyl (C=S) groups is 1. The van der Waals surface area contributed by atoms with Crippen LogP contribution in [-0.4, -0.2) is 78.1 Å². The molecule has 0 radical (unpaired) electrons. The van der Waals surface area contributed by atoms with Crippen LogP contribution in [0.25, 0.3) is 0 Å². The fourth-order valence-corrected chi connectivity index (χ4v) is 5.63. The summed E-state index contributed by atoms with van der Waals surface area (Å²) < 4.78 is 5.01. The largest absolute Gasteiger partial charge is 0.465 e. The van der Waals surface area contributed by atoms with Gasteiger partial charge in [-0.1, -0.05) is 24.3 Å². The molecule has 1 N–H and O–H groups in total. The lowest BCUT2D eigenvalue weighted by molar-refractivity contribution is 0.0601. The number of hydrogen-bond donors (Lipinski definition) is 1. The molecule has 0 bridgehead atoms. The van der Waals surface area contributed by atoms with E-state index in [1.807, 2.05) is 13.8 Å². The fourth-order valence-electron chi connectivity index (χ4n) is 4.12. The van der Waals surface area contributed by atoms with E-state index in [0.717, 1.165) is 32.7 Å². The summed E-state index contributed by atoms with van der Waals surface area (Å²) in [5, 5.41) is 4.37. The van der Waals surface area contributed by atoms with Gasteiger partial charge in [0.25, 0.3) is 5.91 Å². The van der Waals surface area contributed by atoms with Crippen molar-refractivity contribution in [3.05, 3.63) is 51.4 Å². The van der Waals surface area contributed by atoms with Crippen molar-refractivity contribution in [2.75, 3.05) is 51.7 Å². The Morgan fingerprint density at radius 1 is 1.12 bits per heavy atom. The number of carbonyl (C=O) groups excluding carboxylic acids is 2. The number of carbonyl (C=O) groups is 2. The monoisotopic (exact) mass is 502 g/mol. The number of piperazine rings is 1. The molecule has 3 rings (SSSR count). The zero-order valence-electron chi connectivity index (χ0n) is 20.6. The number of esters is 1. The molecule has 0 aliphatic carbocycles. The Kier molecular flexibility index (Phi) is 9.04. The molecule has 0 atom stereocenters. The summed E-state index contributed by atoms with van der Waals surface area (Å²) in [4.78, 5) is 32.4. The fraction of sp³-hybridized carbons (Fsp3) is 0.480. The number of aryl methyl sites for hydroxylation is 1. The summed E-state index contributed by atoms with van der Waals surface area (Å²) in [7, 11) is 1.35. The first-order valence-corrected chi connectivity index (χ1v) is 12.9. The highest BCUT2D eigenvalue weighted by molar-refractivity contribution is 7.80. The lowest BCUT2D eigenvalue weighted by Crippen LogP contribution is -2.49. The SMILES string of the molecule is CCN(CC)C(=O)c1sc(NC(=S)N2CCN(Cc3ccccc3C)CC2)c(C(=O)OC)c1C. The van der Waals surface area contributed by atoms with Crippen LogP contribution in [0.2, 0.25) is 0 Å². The van der Waals surface area contributed by atoms with Crippen LogP contribution in [0.15, 0.2) is 24.3 Å². The minimum atomic E-state index is -0.472. The average molecular weight is 503 g/mol. The van der Waals surface area contributed by atoms with Gasteiger partial charge in [-0.15, -0.1) is 11.3 Å². The average Bonchev–Trinajstić information content (AvgIpc) is 3.16. The summed E-state index contributed by atoms with van der Waals surface area (Å²) in [5.41, 5.74) is 3.66. The molecule has 1 saturated heterocycles. The molecule has 1 aliphatic heterocycles. The van der Waals surface area contributed by atoms with Gasteiger partial charge in [0.05, 0.1) is 17.6 Å². The summed E-state index contributed by atoms with van der Waals surface area (Å²) in [6, 6.07) is 8.47. The van der Waals surface area contributed by atoms with Gasteiger partial charge in [0, 0.05) is 45.8 Å². The van der Waals surface area contributed by atoms with E-state index in [0.29, 0.717) is 39.2 Å². The minimum Gasteiger partial charge on any atom is -0.465 e. The predicted molar refractivity (Wildman–Crippen MR) is 142 cm³/mol. The molecule has 1 aromatic carbocycles. The third-order valence-corrected chi connectivity index (χ3v) is 7.87. The van der Waals surface area contributed by atoms with Crippen molar-refractivity contribution in [1.29, 1.82) is 0 Å². The lowest BCUT2D eigenvalue weighted by Gasteiger charge is -2.36. The van der Waals surface area contributed by atoms with Gasteiger partial charge in [0.2, 0.25) is 0 Å². The third kappa shape index (κ3) is 5.76. The normalized spacial score (nSPS) is 14.1. The molecule has 34 heavy (non-hydrogen) atoms. The summed E-state index contributed by atoms with van der Waals surface area (Å²) in [6.07, 6.45) is 0. The molecule has 2 aromatic rings. The molecule has 0 saturated carbocycles. The molecule has 0 unspecified atom stereocenters. The highest BCUT2D eigenvalue weighted by Gasteiger charge is 2.28. The number of hydrogen-bond acceptors (Lipinski definition) is 6. The summed E-state index contributed by atoms with van der Waals surface area (Å²) in [6.45, 7) is 13.3. The zero-order valence-corrected chi connectivity index (χ0v) is 22.3. The number of thiophene rings is 1. The van der Waals surface area contributed by atoms with Crippen LogP contribution in [0.1, 0.15) is 50.6 Å². The van der Waals surface area contributed by atoms with E-state index in [-0.39, 0.29) is 5.91 Å². The van der Waals surface area contributed by atoms with Gasteiger partial charge in [-0.25, -0.2) is 4.79 Å². The quantitative estimate of drug-likeness (QED) is 0.451. The number of anilines is 1. The standard InChI is InChI=1S/C25H34N4O3S2/c1-6-28(7-2)23(30)21-18(4)20(24(31)32-5)22(34-21)26-25(33)29-14-12-27(13-15-29)16-19-11-9-8-10-17(19)3/h8-11H,6-7,12-16H2,1-5H3,(H,26,33). The maximum absolute atomic E-state index is 13.0. The van der Waals surface area contributed by atoms with Crippen molar-refractivity contribution >= 4 is 45.5 Å². The number of nitrogens with zero attached hydrogens (tertiary/aromatic N) is 3. The first-order valence-electron chi connectivity index (χ1n) is 11.6. The number of methoxy groups -OCH3 is 1. The van der Waals surface area contributed by atoms with Gasteiger partial charge in [-0.2, -0.15) is 0 Å². The van der Waals surface area contributed by atoms with Crippen molar-refractivity contribution in [1.82, 2.24) is 14.7 Å². The van der Waals surface area contributed by atoms with Crippen molar-refractivity contribution < 1.29 is 14.3 Å². The molecule has 184 valence electrons. The number of benzene rings is 1. The molecule has 7 nitrogen and oxygen atoms in total. The Bertz CT molecular complexity index is 1040. The van der Waals surface area contributed by atoms with Gasteiger partial charge < -0.3 is 19.9 Å². The molecular weight excluding hydrogens is 468 g/mol. The summed E-state index contributed by atoms with van der Waals surface area (Å²) in [5.74, 6) is -0.554. The topological polar surface area (TPSA) is 65.1 Å². The number of ether oxygens (including phenoxy) is 1. The van der Waals surface area contributed by atoms with Crippen molar-refractivity contribution in [3.8, 4) is 0 Å². The van der Waals surface area contributed by atoms with Crippen molar-refractivity contribution in [3.63, 3.8) is 0 Å². The molecule has 0 spiro atoms. The van der Waals surface area contributed by atoms with E-state index < -0.39 is 5.97 Å². The Morgan fingerprint density at radius 3 is 2.35 bits per heavy atom. The molecule has 2 heterocycles. The second-order valence-electron chi connectivity index (χ2n) is 8.35. The van der Waals surface area contributed by atoms with Gasteiger partial charge in [0.15, 0.2) is 5.11 Å². The second kappa shape index (κ2) is 11.8. The van der Waals surface area contributed by atoms with Crippen LogP contribution < -0.4 is 5.32 Å². The van der Waals surface area contributed by atoms with E-state index in [9.17, 15) is 9.59 Å². The second-order valence-corrected chi connectivity index (χ2v) is 9.76. The highest BCUT2D eigenvalue weighted by Crippen LogP contribution is 2.35. The number of nitrogens with one attached hydrogen (secondary N) is 1. The van der Waals surface area contributed by atoms with Gasteiger partial charge in [0.1, 0.15) is 5.00 Å². The maximum Gasteiger partial charge on any atom is 0.341 e. The molecule has 9 heteroatoms. The lowest BCUT2D eigenvalue weighted by atomic mass is 10.1. The van der Waals surface area contributed by atoms with Crippen LogP contribution in [0.3, 0.4) is 0 Å². The van der Waals surface area contributed by atoms with Crippen LogP contribution >= 0.6 is 23.6 Å². The highest BCUT2D eigenvalue weighted by atomic mass is 32.1. The van der Waals surface area contributed by atoms with Gasteiger partial charge in [-0.3, -0.25) is 9.69 Å². The molecule has 1 fully saturated rings. The molecule has 1 amide bonds. The number of amides is 1. The first-order chi connectivity index (χ1) is 16.3. The van der Waals surface area contributed by atoms with Crippen LogP contribution in [0.5, 0.6) is 0 Å². The smallest absolute Gasteiger partial charge is 0.341 e. The Labute approximate surface area is 211 Å². The van der Waals surface area contributed by atoms with Crippen molar-refractivity contribution in [2.24, 2.45) is 0 Å². The predicted octanol–water partition coefficient (Wildman–Crippen LogP) is 4.15. The molecular formula is C25H34N4O3S2. The van der Waals surface area contributed by atoms with Gasteiger partial charge >= 0.3 is 5.97 Å². The van der Waals surface area contributed by atoms with Crippen molar-refractivity contribution in [2.45, 2.75) is 34.2 Å². The Morgan fingerprint density at radius 2 is 1.76 bits per heavy atom.